The highest BCUT2D eigenvalue weighted by Gasteiger charge is 2.44. The molecule has 5 rings (SSSR count). The van der Waals surface area contributed by atoms with Crippen LogP contribution < -0.4 is 10.6 Å². The molecule has 13 heteroatoms. The van der Waals surface area contributed by atoms with Crippen LogP contribution >= 0.6 is 23.2 Å². The summed E-state index contributed by atoms with van der Waals surface area (Å²) < 4.78 is 0. The third-order valence-corrected chi connectivity index (χ3v) is 9.06. The molecule has 0 aromatic heterocycles. The first-order chi connectivity index (χ1) is 23.7. The number of hydrazine groups is 1. The predicted octanol–water partition coefficient (Wildman–Crippen LogP) is 4.59. The summed E-state index contributed by atoms with van der Waals surface area (Å²) in [7, 11) is 0. The molecule has 2 atom stereocenters. The first-order valence-electron chi connectivity index (χ1n) is 15.5. The Kier molecular flexibility index (Phi) is 12.0. The summed E-state index contributed by atoms with van der Waals surface area (Å²) in [5.74, 6) is 1.92. The van der Waals surface area contributed by atoms with E-state index in [2.05, 4.69) is 16.6 Å². The number of hydrogen-bond acceptors (Lipinski definition) is 8. The van der Waals surface area contributed by atoms with Crippen LogP contribution in [0.3, 0.4) is 0 Å². The fourth-order valence-electron chi connectivity index (χ4n) is 5.94. The van der Waals surface area contributed by atoms with Crippen LogP contribution in [-0.2, 0) is 33.9 Å². The molecular formula is C36H34Cl2N6O5. The van der Waals surface area contributed by atoms with E-state index < -0.39 is 17.1 Å². The van der Waals surface area contributed by atoms with Crippen LogP contribution in [0.15, 0.2) is 84.9 Å². The highest BCUT2D eigenvalue weighted by molar-refractivity contribution is 6.42. The molecule has 11 nitrogen and oxygen atoms in total. The third-order valence-electron chi connectivity index (χ3n) is 8.32. The molecule has 0 spiro atoms. The van der Waals surface area contributed by atoms with Crippen LogP contribution in [0.4, 0.5) is 5.69 Å². The van der Waals surface area contributed by atoms with E-state index in [0.717, 1.165) is 21.9 Å². The molecule has 2 amide bonds. The number of nitrogens with zero attached hydrogens (tertiary/aromatic N) is 4. The van der Waals surface area contributed by atoms with Gasteiger partial charge in [-0.05, 0) is 46.0 Å². The Morgan fingerprint density at radius 3 is 2.49 bits per heavy atom. The molecule has 252 valence electrons. The Balaban J connectivity index is 1.37. The number of halogens is 2. The zero-order valence-corrected chi connectivity index (χ0v) is 27.9. The van der Waals surface area contributed by atoms with Crippen molar-refractivity contribution in [2.24, 2.45) is 0 Å². The second-order valence-corrected chi connectivity index (χ2v) is 12.3. The van der Waals surface area contributed by atoms with Gasteiger partial charge in [-0.2, -0.15) is 0 Å². The molecule has 4 aromatic rings. The number of nitrogens with one attached hydrogen (secondary N) is 2. The predicted molar refractivity (Wildman–Crippen MR) is 188 cm³/mol. The van der Waals surface area contributed by atoms with Crippen molar-refractivity contribution in [3.63, 3.8) is 0 Å². The Morgan fingerprint density at radius 2 is 1.78 bits per heavy atom. The molecule has 0 aliphatic carbocycles. The van der Waals surface area contributed by atoms with E-state index >= 15 is 0 Å². The van der Waals surface area contributed by atoms with E-state index in [1.54, 1.807) is 40.3 Å². The van der Waals surface area contributed by atoms with Gasteiger partial charge in [-0.1, -0.05) is 89.8 Å². The highest BCUT2D eigenvalue weighted by atomic mass is 35.5. The van der Waals surface area contributed by atoms with Crippen molar-refractivity contribution >= 4 is 57.8 Å². The maximum atomic E-state index is 13.7. The van der Waals surface area contributed by atoms with Crippen molar-refractivity contribution in [3.8, 4) is 12.3 Å². The first kappa shape index (κ1) is 35.5. The summed E-state index contributed by atoms with van der Waals surface area (Å²) in [6.07, 6.45) is 5.89. The second kappa shape index (κ2) is 16.5. The van der Waals surface area contributed by atoms with Crippen LogP contribution in [0.2, 0.25) is 10.0 Å². The van der Waals surface area contributed by atoms with E-state index in [1.165, 1.54) is 17.0 Å². The summed E-state index contributed by atoms with van der Waals surface area (Å²) in [6, 6.07) is 24.1. The molecule has 2 N–H and O–H groups in total. The van der Waals surface area contributed by atoms with Crippen LogP contribution in [0, 0.1) is 22.5 Å². The summed E-state index contributed by atoms with van der Waals surface area (Å²) in [5.41, 5.74) is 2.39. The van der Waals surface area contributed by atoms with Gasteiger partial charge in [0.1, 0.15) is 12.5 Å². The lowest BCUT2D eigenvalue weighted by Crippen LogP contribution is -2.57. The van der Waals surface area contributed by atoms with Gasteiger partial charge in [0.15, 0.2) is 0 Å². The number of amides is 2. The topological polar surface area (TPSA) is 128 Å². The van der Waals surface area contributed by atoms with Gasteiger partial charge in [0.2, 0.25) is 11.8 Å². The first-order valence-corrected chi connectivity index (χ1v) is 16.3. The Morgan fingerprint density at radius 1 is 1.04 bits per heavy atom. The number of rotatable bonds is 15. The second-order valence-electron chi connectivity index (χ2n) is 11.5. The van der Waals surface area contributed by atoms with Gasteiger partial charge < -0.3 is 20.3 Å². The summed E-state index contributed by atoms with van der Waals surface area (Å²) in [6.45, 7) is 0.665. The van der Waals surface area contributed by atoms with Gasteiger partial charge in [0, 0.05) is 31.8 Å². The van der Waals surface area contributed by atoms with Gasteiger partial charge in [-0.15, -0.1) is 6.42 Å². The molecule has 1 saturated heterocycles. The van der Waals surface area contributed by atoms with Crippen LogP contribution in [0.25, 0.3) is 10.8 Å². The number of terminal acetylenes is 1. The van der Waals surface area contributed by atoms with Gasteiger partial charge in [0.25, 0.3) is 5.69 Å². The number of hydrogen-bond donors (Lipinski definition) is 2. The molecule has 1 aliphatic heterocycles. The number of fused-ring (bicyclic) bond motifs is 1. The standard InChI is InChI=1S/C36H34Cl2N6O5/c1-2-16-41(22-34(46)40-19-26-12-15-32(37)33(38)18-26)42-23-36(47)43(30(24-45)17-25-10-13-29(14-11-25)44(48)49)35(42)21-39-20-28-8-5-7-27-6-3-4-9-31(27)28/h1,3-15,18,24,30,35,39H,16-17,19-23H2,(H,40,46)/t30-,35+/m0/s1. The monoisotopic (exact) mass is 700 g/mol. The number of benzene rings is 4. The zero-order chi connectivity index (χ0) is 34.9. The maximum Gasteiger partial charge on any atom is 0.269 e. The molecule has 4 aromatic carbocycles. The van der Waals surface area contributed by atoms with Crippen molar-refractivity contribution in [2.75, 3.05) is 26.2 Å². The average molecular weight is 702 g/mol. The van der Waals surface area contributed by atoms with Crippen LogP contribution in [0.1, 0.15) is 16.7 Å². The Bertz CT molecular complexity index is 1880. The number of nitro benzene ring substituents is 1. The number of carbonyl (C=O) groups is 3. The molecule has 49 heavy (non-hydrogen) atoms. The normalized spacial score (nSPS) is 15.3. The lowest BCUT2D eigenvalue weighted by Gasteiger charge is -2.38. The molecular weight excluding hydrogens is 667 g/mol. The van der Waals surface area contributed by atoms with Crippen molar-refractivity contribution < 1.29 is 19.3 Å². The third kappa shape index (κ3) is 8.80. The minimum atomic E-state index is -0.889. The number of non-ortho nitro benzene ring substituents is 1. The smallest absolute Gasteiger partial charge is 0.269 e. The van der Waals surface area contributed by atoms with Crippen molar-refractivity contribution in [1.29, 1.82) is 0 Å². The Hall–Kier alpha value is -4.83. The largest absolute Gasteiger partial charge is 0.351 e. The molecule has 0 bridgehead atoms. The molecule has 1 heterocycles. The van der Waals surface area contributed by atoms with Crippen molar-refractivity contribution in [3.05, 3.63) is 122 Å². The number of carbonyl (C=O) groups excluding carboxylic acids is 3. The Labute approximate surface area is 293 Å². The molecule has 0 unspecified atom stereocenters. The van der Waals surface area contributed by atoms with Gasteiger partial charge in [-0.25, -0.2) is 10.0 Å². The van der Waals surface area contributed by atoms with E-state index in [9.17, 15) is 24.5 Å². The quantitative estimate of drug-likeness (QED) is 0.0798. The highest BCUT2D eigenvalue weighted by Crippen LogP contribution is 2.25. The molecule has 1 aliphatic rings. The van der Waals surface area contributed by atoms with E-state index in [1.807, 2.05) is 42.5 Å². The number of nitro groups is 1. The molecule has 1 fully saturated rings. The number of aldehydes is 1. The van der Waals surface area contributed by atoms with Gasteiger partial charge in [0.05, 0.1) is 40.6 Å². The fraction of sp³-hybridized carbons (Fsp3) is 0.250. The SMILES string of the molecule is C#CCN(CC(=O)NCc1ccc(Cl)c(Cl)c1)N1CC(=O)N([C@H](C=O)Cc2ccc([N+](=O)[O-])cc2)[C@@H]1CNCc1cccc2ccccc12. The van der Waals surface area contributed by atoms with Gasteiger partial charge in [-0.3, -0.25) is 19.7 Å². The molecule has 0 radical (unpaired) electrons. The van der Waals surface area contributed by atoms with E-state index in [4.69, 9.17) is 29.6 Å². The average Bonchev–Trinajstić information content (AvgIpc) is 3.43. The van der Waals surface area contributed by atoms with Crippen LogP contribution in [0.5, 0.6) is 0 Å². The lowest BCUT2D eigenvalue weighted by atomic mass is 10.0. The van der Waals surface area contributed by atoms with E-state index in [0.29, 0.717) is 28.4 Å². The summed E-state index contributed by atoms with van der Waals surface area (Å²) >= 11 is 12.1. The van der Waals surface area contributed by atoms with Crippen molar-refractivity contribution in [2.45, 2.75) is 31.7 Å². The minimum Gasteiger partial charge on any atom is -0.351 e. The van der Waals surface area contributed by atoms with E-state index in [-0.39, 0.29) is 56.6 Å². The maximum absolute atomic E-state index is 13.7. The van der Waals surface area contributed by atoms with Crippen LogP contribution in [-0.4, -0.2) is 76.3 Å². The fourth-order valence-corrected chi connectivity index (χ4v) is 6.26. The van der Waals surface area contributed by atoms with Gasteiger partial charge >= 0.3 is 0 Å². The van der Waals surface area contributed by atoms with Crippen molar-refractivity contribution in [1.82, 2.24) is 25.6 Å². The molecule has 0 saturated carbocycles. The summed E-state index contributed by atoms with van der Waals surface area (Å²) in [4.78, 5) is 51.6. The zero-order valence-electron chi connectivity index (χ0n) is 26.4. The summed E-state index contributed by atoms with van der Waals surface area (Å²) in [5, 5.41) is 23.8. The lowest BCUT2D eigenvalue weighted by molar-refractivity contribution is -0.384. The minimum absolute atomic E-state index is 0.0231.